The summed E-state index contributed by atoms with van der Waals surface area (Å²) in [6, 6.07) is 6.53. The van der Waals surface area contributed by atoms with E-state index in [0.29, 0.717) is 11.8 Å². The van der Waals surface area contributed by atoms with Crippen LogP contribution in [0.3, 0.4) is 0 Å². The van der Waals surface area contributed by atoms with Crippen LogP contribution in [-0.4, -0.2) is 11.1 Å². The molecule has 0 atom stereocenters. The van der Waals surface area contributed by atoms with Crippen molar-refractivity contribution in [3.63, 3.8) is 0 Å². The summed E-state index contributed by atoms with van der Waals surface area (Å²) in [4.78, 5) is 0. The summed E-state index contributed by atoms with van der Waals surface area (Å²) < 4.78 is 0. The third-order valence-corrected chi connectivity index (χ3v) is 2.93. The van der Waals surface area contributed by atoms with Crippen molar-refractivity contribution in [2.75, 3.05) is 0 Å². The Kier molecular flexibility index (Phi) is 2.73. The van der Waals surface area contributed by atoms with E-state index in [4.69, 9.17) is 0 Å². The average Bonchev–Trinajstić information content (AvgIpc) is 2.05. The van der Waals surface area contributed by atoms with Gasteiger partial charge in [0.05, 0.1) is 0 Å². The van der Waals surface area contributed by atoms with E-state index in [-0.39, 0.29) is 0 Å². The molecule has 1 aliphatic rings. The molecule has 1 fully saturated rings. The molecule has 0 heterocycles. The monoisotopic (exact) mass is 191 g/mol. The molecule has 0 radical (unpaired) electrons. The maximum absolute atomic E-state index is 9.65. The van der Waals surface area contributed by atoms with Crippen LogP contribution >= 0.6 is 0 Å². The maximum atomic E-state index is 9.65. The van der Waals surface area contributed by atoms with Crippen LogP contribution in [0.15, 0.2) is 18.2 Å². The molecule has 1 aliphatic carbocycles. The predicted octanol–water partition coefficient (Wildman–Crippen LogP) is 2.34. The molecular formula is C12H17NO. The van der Waals surface area contributed by atoms with Crippen molar-refractivity contribution in [2.24, 2.45) is 0 Å². The van der Waals surface area contributed by atoms with Gasteiger partial charge < -0.3 is 10.4 Å². The summed E-state index contributed by atoms with van der Waals surface area (Å²) in [6.45, 7) is 2.78. The standard InChI is InChI=1S/C12H17NO/c1-9-5-6-10(12(14)7-9)8-13-11-3-2-4-11/h5-7,11,13-14H,2-4,8H2,1H3. The van der Waals surface area contributed by atoms with Crippen LogP contribution in [0.5, 0.6) is 5.75 Å². The second kappa shape index (κ2) is 4.01. The highest BCUT2D eigenvalue weighted by Crippen LogP contribution is 2.21. The number of phenolic OH excluding ortho intramolecular Hbond substituents is 1. The molecule has 0 aromatic heterocycles. The predicted molar refractivity (Wildman–Crippen MR) is 57.3 cm³/mol. The van der Waals surface area contributed by atoms with Crippen LogP contribution in [0.4, 0.5) is 0 Å². The van der Waals surface area contributed by atoms with Crippen LogP contribution in [-0.2, 0) is 6.54 Å². The summed E-state index contributed by atoms with van der Waals surface area (Å²) >= 11 is 0. The van der Waals surface area contributed by atoms with Crippen molar-refractivity contribution >= 4 is 0 Å². The fraction of sp³-hybridized carbons (Fsp3) is 0.500. The van der Waals surface area contributed by atoms with Crippen molar-refractivity contribution in [3.8, 4) is 5.75 Å². The molecule has 14 heavy (non-hydrogen) atoms. The van der Waals surface area contributed by atoms with Gasteiger partial charge in [-0.15, -0.1) is 0 Å². The minimum Gasteiger partial charge on any atom is -0.508 e. The van der Waals surface area contributed by atoms with E-state index >= 15 is 0 Å². The minimum absolute atomic E-state index is 0.414. The Labute approximate surface area is 85.0 Å². The van der Waals surface area contributed by atoms with E-state index in [9.17, 15) is 5.11 Å². The van der Waals surface area contributed by atoms with Gasteiger partial charge in [0.1, 0.15) is 5.75 Å². The van der Waals surface area contributed by atoms with Crippen molar-refractivity contribution in [1.29, 1.82) is 0 Å². The molecule has 2 heteroatoms. The summed E-state index contributed by atoms with van der Waals surface area (Å²) in [5, 5.41) is 13.1. The largest absolute Gasteiger partial charge is 0.508 e. The van der Waals surface area contributed by atoms with Gasteiger partial charge in [-0.05, 0) is 31.4 Å². The fourth-order valence-electron chi connectivity index (χ4n) is 1.69. The Bertz CT molecular complexity index is 318. The lowest BCUT2D eigenvalue weighted by molar-refractivity contribution is 0.336. The molecule has 1 aromatic rings. The molecule has 76 valence electrons. The minimum atomic E-state index is 0.414. The van der Waals surface area contributed by atoms with Gasteiger partial charge in [0, 0.05) is 18.2 Å². The molecule has 2 N–H and O–H groups in total. The lowest BCUT2D eigenvalue weighted by atomic mass is 9.93. The first-order valence-corrected chi connectivity index (χ1v) is 5.27. The number of rotatable bonds is 3. The first-order chi connectivity index (χ1) is 6.75. The molecular weight excluding hydrogens is 174 g/mol. The summed E-state index contributed by atoms with van der Waals surface area (Å²) in [7, 11) is 0. The number of nitrogens with one attached hydrogen (secondary N) is 1. The molecule has 0 spiro atoms. The Morgan fingerprint density at radius 3 is 2.79 bits per heavy atom. The van der Waals surface area contributed by atoms with Gasteiger partial charge >= 0.3 is 0 Å². The van der Waals surface area contributed by atoms with Gasteiger partial charge in [-0.1, -0.05) is 18.6 Å². The van der Waals surface area contributed by atoms with E-state index in [2.05, 4.69) is 5.32 Å². The van der Waals surface area contributed by atoms with Crippen molar-refractivity contribution in [1.82, 2.24) is 5.32 Å². The summed E-state index contributed by atoms with van der Waals surface area (Å²) in [5.74, 6) is 0.414. The van der Waals surface area contributed by atoms with Crippen LogP contribution in [0, 0.1) is 6.92 Å². The van der Waals surface area contributed by atoms with Crippen LogP contribution in [0.2, 0.25) is 0 Å². The molecule has 0 amide bonds. The SMILES string of the molecule is Cc1ccc(CNC2CCC2)c(O)c1. The number of hydrogen-bond donors (Lipinski definition) is 2. The highest BCUT2D eigenvalue weighted by atomic mass is 16.3. The smallest absolute Gasteiger partial charge is 0.120 e. The van der Waals surface area contributed by atoms with Gasteiger partial charge in [-0.25, -0.2) is 0 Å². The van der Waals surface area contributed by atoms with Gasteiger partial charge in [0.25, 0.3) is 0 Å². The van der Waals surface area contributed by atoms with E-state index < -0.39 is 0 Å². The second-order valence-electron chi connectivity index (χ2n) is 4.14. The number of aryl methyl sites for hydroxylation is 1. The van der Waals surface area contributed by atoms with Gasteiger partial charge in [0.2, 0.25) is 0 Å². The zero-order valence-corrected chi connectivity index (χ0v) is 8.59. The molecule has 2 nitrogen and oxygen atoms in total. The number of aromatic hydroxyl groups is 1. The number of benzene rings is 1. The highest BCUT2D eigenvalue weighted by Gasteiger charge is 2.16. The molecule has 0 aliphatic heterocycles. The Hall–Kier alpha value is -1.02. The first-order valence-electron chi connectivity index (χ1n) is 5.27. The van der Waals surface area contributed by atoms with Crippen molar-refractivity contribution in [2.45, 2.75) is 38.8 Å². The molecule has 1 aromatic carbocycles. The lowest BCUT2D eigenvalue weighted by Crippen LogP contribution is -2.34. The quantitative estimate of drug-likeness (QED) is 0.768. The number of phenols is 1. The Balaban J connectivity index is 1.94. The highest BCUT2D eigenvalue weighted by molar-refractivity contribution is 5.35. The number of hydrogen-bond acceptors (Lipinski definition) is 2. The fourth-order valence-corrected chi connectivity index (χ4v) is 1.69. The van der Waals surface area contributed by atoms with E-state index in [0.717, 1.165) is 17.7 Å². The topological polar surface area (TPSA) is 32.3 Å². The van der Waals surface area contributed by atoms with E-state index in [1.54, 1.807) is 0 Å². The third kappa shape index (κ3) is 2.07. The van der Waals surface area contributed by atoms with E-state index in [1.807, 2.05) is 25.1 Å². The lowest BCUT2D eigenvalue weighted by Gasteiger charge is -2.26. The third-order valence-electron chi connectivity index (χ3n) is 2.93. The van der Waals surface area contributed by atoms with E-state index in [1.165, 1.54) is 19.3 Å². The second-order valence-corrected chi connectivity index (χ2v) is 4.14. The Morgan fingerprint density at radius 2 is 2.21 bits per heavy atom. The van der Waals surface area contributed by atoms with Crippen molar-refractivity contribution < 1.29 is 5.11 Å². The molecule has 2 rings (SSSR count). The van der Waals surface area contributed by atoms with Crippen molar-refractivity contribution in [3.05, 3.63) is 29.3 Å². The summed E-state index contributed by atoms with van der Waals surface area (Å²) in [6.07, 6.45) is 3.91. The van der Waals surface area contributed by atoms with Gasteiger partial charge in [-0.3, -0.25) is 0 Å². The van der Waals surface area contributed by atoms with Crippen LogP contribution in [0.25, 0.3) is 0 Å². The Morgan fingerprint density at radius 1 is 1.43 bits per heavy atom. The molecule has 0 unspecified atom stereocenters. The molecule has 0 saturated heterocycles. The van der Waals surface area contributed by atoms with Crippen LogP contribution < -0.4 is 5.32 Å². The van der Waals surface area contributed by atoms with Crippen LogP contribution in [0.1, 0.15) is 30.4 Å². The maximum Gasteiger partial charge on any atom is 0.120 e. The summed E-state index contributed by atoms with van der Waals surface area (Å²) in [5.41, 5.74) is 2.11. The van der Waals surface area contributed by atoms with Gasteiger partial charge in [-0.2, -0.15) is 0 Å². The molecule has 1 saturated carbocycles. The normalized spacial score (nSPS) is 16.6. The first kappa shape index (κ1) is 9.53. The zero-order chi connectivity index (χ0) is 9.97. The van der Waals surface area contributed by atoms with Gasteiger partial charge in [0.15, 0.2) is 0 Å². The average molecular weight is 191 g/mol. The molecule has 0 bridgehead atoms. The zero-order valence-electron chi connectivity index (χ0n) is 8.59.